The minimum atomic E-state index is -0.652. The Labute approximate surface area is 439 Å². The zero-order valence-corrected chi connectivity index (χ0v) is 41.3. The van der Waals surface area contributed by atoms with E-state index in [4.69, 9.17) is 32.8 Å². The van der Waals surface area contributed by atoms with Crippen LogP contribution in [0.15, 0.2) is 230 Å². The van der Waals surface area contributed by atoms with E-state index in [0.29, 0.717) is 24.8 Å². The van der Waals surface area contributed by atoms with Crippen molar-refractivity contribution in [3.05, 3.63) is 239 Å². The minimum absolute atomic E-state index is 0. The maximum absolute atomic E-state index is 10.5. The molecule has 0 spiro atoms. The van der Waals surface area contributed by atoms with Crippen LogP contribution in [-0.2, 0) is 19.3 Å². The second-order valence-electron chi connectivity index (χ2n) is 16.5. The van der Waals surface area contributed by atoms with E-state index >= 15 is 0 Å². The Hall–Kier alpha value is -8.94. The smallest absolute Gasteiger partial charge is 0.493 e. The number of ether oxygens (including phenoxy) is 6. The molecule has 8 aromatic carbocycles. The molecule has 0 fully saturated rings. The van der Waals surface area contributed by atoms with Gasteiger partial charge >= 0.3 is 5.82 Å². The number of thiazole rings is 1. The summed E-state index contributed by atoms with van der Waals surface area (Å²) < 4.78 is 46.7. The van der Waals surface area contributed by atoms with Crippen LogP contribution < -0.4 is 39.6 Å². The molecule has 11 aromatic rings. The van der Waals surface area contributed by atoms with E-state index in [-0.39, 0.29) is 7.43 Å². The van der Waals surface area contributed by atoms with Gasteiger partial charge in [-0.05, 0) is 115 Å². The number of fused-ring (bicyclic) bond motifs is 8. The molecule has 0 radical (unpaired) electrons. The van der Waals surface area contributed by atoms with Gasteiger partial charge in [0.1, 0.15) is 17.1 Å². The number of hydrogen-bond acceptors (Lipinski definition) is 13. The Kier molecular flexibility index (Phi) is 19.4. The predicted octanol–water partition coefficient (Wildman–Crippen LogP) is 14.9. The molecule has 0 amide bonds. The monoisotopic (exact) mass is 1020 g/mol. The molecular weight excluding hydrogens is 965 g/mol. The molecule has 382 valence electrons. The average molecular weight is 1020 g/mol. The largest absolute Gasteiger partial charge is 0.519 e. The highest BCUT2D eigenvalue weighted by Gasteiger charge is 2.12. The van der Waals surface area contributed by atoms with Crippen LogP contribution in [-0.4, -0.2) is 38.3 Å². The van der Waals surface area contributed by atoms with Gasteiger partial charge in [-0.1, -0.05) is 129 Å². The normalized spacial score (nSPS) is 12.7. The molecule has 1 N–H and O–H groups in total. The number of furan rings is 1. The molecule has 0 saturated carbocycles. The first kappa shape index (κ1) is 52.4. The molecule has 5 aliphatic heterocycles. The Morgan fingerprint density at radius 1 is 0.440 bits per heavy atom. The lowest BCUT2D eigenvalue weighted by Crippen LogP contribution is -2.07. The molecule has 13 heteroatoms. The van der Waals surface area contributed by atoms with Gasteiger partial charge in [-0.3, -0.25) is 0 Å². The topological polar surface area (TPSA) is 137 Å². The van der Waals surface area contributed by atoms with Gasteiger partial charge in [0.05, 0.1) is 35.2 Å². The molecule has 12 nitrogen and oxygen atoms in total. The van der Waals surface area contributed by atoms with Crippen LogP contribution in [0.2, 0.25) is 0 Å². The lowest BCUT2D eigenvalue weighted by Gasteiger charge is -2.15. The van der Waals surface area contributed by atoms with Gasteiger partial charge in [0.25, 0.3) is 0 Å². The highest BCUT2D eigenvalue weighted by molar-refractivity contribution is 7.16. The first-order valence-electron chi connectivity index (χ1n) is 24.2. The number of benzene rings is 8. The van der Waals surface area contributed by atoms with Crippen molar-refractivity contribution in [3.8, 4) is 34.5 Å². The molecule has 3 aromatic heterocycles. The second kappa shape index (κ2) is 27.8. The molecule has 5 aliphatic rings. The van der Waals surface area contributed by atoms with Gasteiger partial charge in [0.15, 0.2) is 34.2 Å². The standard InChI is InChI=1S/C9H10O.C8H9N.C8H8O.C8H6O.C7H5NS.C7H4O3.2C7H6O2.CH4/c1-2-6-9-8(4-1)5-3-7-10-9;3*1-2-4-8-7(3-1)5-6-9-8;1-2-4-7-6(3-1)8-5-9-7;8-7-9-5-3-1-2-4-6(5)10-7;2*1-2-4-7-6(3-1)8-5-9-7;/h1-2,4,6H,3,5,7H2;1-4,9H,5-6H2;1-4H,5-6H2;1-6H;1-5H;1-4H;2*1-4H,5H2;1H4. The van der Waals surface area contributed by atoms with Gasteiger partial charge in [-0.2, -0.15) is 0 Å². The van der Waals surface area contributed by atoms with Crippen LogP contribution in [0.25, 0.3) is 32.4 Å². The van der Waals surface area contributed by atoms with Crippen LogP contribution in [0.5, 0.6) is 34.5 Å². The summed E-state index contributed by atoms with van der Waals surface area (Å²) in [5.74, 6) is 4.87. The summed E-state index contributed by atoms with van der Waals surface area (Å²) in [6.45, 7) is 3.58. The van der Waals surface area contributed by atoms with E-state index in [0.717, 1.165) is 83.6 Å². The first-order chi connectivity index (χ1) is 36.6. The van der Waals surface area contributed by atoms with E-state index in [1.807, 2.05) is 133 Å². The van der Waals surface area contributed by atoms with Crippen LogP contribution in [0.3, 0.4) is 0 Å². The SMILES string of the molecule is C.O=c1oc2ccccc2o1.c1ccc2c(c1)CCCO2.c1ccc2c(c1)CCN2.c1ccc2c(c1)CCO2.c1ccc2c(c1)OCO2.c1ccc2c(c1)OCO2.c1ccc2occc2c1.c1ccc2scnc2c1. The summed E-state index contributed by atoms with van der Waals surface area (Å²) in [5, 5.41) is 4.46. The van der Waals surface area contributed by atoms with Gasteiger partial charge in [0, 0.05) is 24.0 Å². The molecule has 0 saturated heterocycles. The minimum Gasteiger partial charge on any atom is -0.493 e. The van der Waals surface area contributed by atoms with Crippen molar-refractivity contribution in [1.82, 2.24) is 4.98 Å². The average Bonchev–Trinajstić information content (AvgIpc) is 4.33. The van der Waals surface area contributed by atoms with E-state index in [9.17, 15) is 4.79 Å². The maximum Gasteiger partial charge on any atom is 0.519 e. The van der Waals surface area contributed by atoms with Crippen molar-refractivity contribution in [3.63, 3.8) is 0 Å². The van der Waals surface area contributed by atoms with Crippen molar-refractivity contribution in [1.29, 1.82) is 0 Å². The van der Waals surface area contributed by atoms with Gasteiger partial charge in [-0.15, -0.1) is 11.3 Å². The Balaban J connectivity index is 0.000000114. The third-order valence-electron chi connectivity index (χ3n) is 11.5. The molecular formula is C62H58N2O10S. The molecule has 0 aliphatic carbocycles. The van der Waals surface area contributed by atoms with E-state index in [1.54, 1.807) is 41.9 Å². The van der Waals surface area contributed by atoms with Crippen LogP contribution in [0.4, 0.5) is 5.69 Å². The predicted molar refractivity (Wildman–Crippen MR) is 297 cm³/mol. The fraction of sp³-hybridized carbons (Fsp3) is 0.161. The summed E-state index contributed by atoms with van der Waals surface area (Å²) in [6, 6.07) is 65.1. The molecule has 16 rings (SSSR count). The van der Waals surface area contributed by atoms with Gasteiger partial charge in [-0.25, -0.2) is 9.78 Å². The number of aromatic nitrogens is 1. The maximum atomic E-state index is 10.5. The van der Waals surface area contributed by atoms with E-state index in [2.05, 4.69) is 67.7 Å². The fourth-order valence-corrected chi connectivity index (χ4v) is 8.56. The number of aryl methyl sites for hydroxylation is 1. The van der Waals surface area contributed by atoms with Crippen molar-refractivity contribution in [2.24, 2.45) is 0 Å². The van der Waals surface area contributed by atoms with Crippen LogP contribution >= 0.6 is 11.3 Å². The summed E-state index contributed by atoms with van der Waals surface area (Å²) in [5.41, 5.74) is 10.4. The highest BCUT2D eigenvalue weighted by Crippen LogP contribution is 2.31. The quantitative estimate of drug-likeness (QED) is 0.155. The molecule has 8 heterocycles. The molecule has 0 unspecified atom stereocenters. The zero-order chi connectivity index (χ0) is 50.4. The highest BCUT2D eigenvalue weighted by atomic mass is 32.1. The number of para-hydroxylation sites is 11. The van der Waals surface area contributed by atoms with Gasteiger partial charge < -0.3 is 47.0 Å². The second-order valence-corrected chi connectivity index (χ2v) is 17.4. The number of hydrogen-bond donors (Lipinski definition) is 1. The van der Waals surface area contributed by atoms with Crippen LogP contribution in [0.1, 0.15) is 30.5 Å². The van der Waals surface area contributed by atoms with Crippen molar-refractivity contribution >= 4 is 49.4 Å². The van der Waals surface area contributed by atoms with Crippen molar-refractivity contribution in [2.45, 2.75) is 33.1 Å². The molecule has 0 atom stereocenters. The van der Waals surface area contributed by atoms with Crippen LogP contribution in [0, 0.1) is 0 Å². The fourth-order valence-electron chi connectivity index (χ4n) is 7.88. The zero-order valence-electron chi connectivity index (χ0n) is 40.5. The molecule has 75 heavy (non-hydrogen) atoms. The number of rotatable bonds is 0. The summed E-state index contributed by atoms with van der Waals surface area (Å²) in [4.78, 5) is 14.6. The molecule has 0 bridgehead atoms. The Morgan fingerprint density at radius 3 is 1.51 bits per heavy atom. The first-order valence-corrected chi connectivity index (χ1v) is 25.1. The van der Waals surface area contributed by atoms with E-state index in [1.165, 1.54) is 39.9 Å². The third kappa shape index (κ3) is 15.3. The van der Waals surface area contributed by atoms with Crippen molar-refractivity contribution in [2.75, 3.05) is 38.7 Å². The Bertz CT molecular complexity index is 3030. The lowest BCUT2D eigenvalue weighted by atomic mass is 10.1. The third-order valence-corrected chi connectivity index (χ3v) is 12.3. The summed E-state index contributed by atoms with van der Waals surface area (Å²) in [6.07, 6.45) is 6.31. The number of anilines is 1. The van der Waals surface area contributed by atoms with E-state index < -0.39 is 5.82 Å². The summed E-state index contributed by atoms with van der Waals surface area (Å²) in [7, 11) is 0. The van der Waals surface area contributed by atoms with Crippen molar-refractivity contribution < 1.29 is 41.7 Å². The lowest BCUT2D eigenvalue weighted by molar-refractivity contribution is 0.173. The number of nitrogens with one attached hydrogen (secondary N) is 1. The summed E-state index contributed by atoms with van der Waals surface area (Å²) >= 11 is 1.68. The van der Waals surface area contributed by atoms with Gasteiger partial charge in [0.2, 0.25) is 13.6 Å². The Morgan fingerprint density at radius 2 is 0.933 bits per heavy atom. The number of nitrogens with zero attached hydrogens (tertiary/aromatic N) is 1.